The Morgan fingerprint density at radius 2 is 1.95 bits per heavy atom. The summed E-state index contributed by atoms with van der Waals surface area (Å²) in [6, 6.07) is 10.1. The van der Waals surface area contributed by atoms with Gasteiger partial charge in [0.25, 0.3) is 5.91 Å². The zero-order chi connectivity index (χ0) is 15.3. The fraction of sp³-hybridized carbons (Fsp3) is 0.333. The Morgan fingerprint density at radius 1 is 1.18 bits per heavy atom. The molecule has 22 heavy (non-hydrogen) atoms. The molecule has 2 aliphatic heterocycles. The van der Waals surface area contributed by atoms with E-state index in [-0.39, 0.29) is 17.6 Å². The first-order valence-corrected chi connectivity index (χ1v) is 8.72. The number of carbonyl (C=O) groups is 2. The van der Waals surface area contributed by atoms with E-state index in [1.54, 1.807) is 6.08 Å². The summed E-state index contributed by atoms with van der Waals surface area (Å²) in [6.45, 7) is 0.775. The minimum Gasteiger partial charge on any atom is -0.325 e. The van der Waals surface area contributed by atoms with Crippen molar-refractivity contribution in [1.82, 2.24) is 4.90 Å². The van der Waals surface area contributed by atoms with Gasteiger partial charge >= 0.3 is 0 Å². The van der Waals surface area contributed by atoms with Gasteiger partial charge in [0.05, 0.1) is 9.12 Å². The van der Waals surface area contributed by atoms with Gasteiger partial charge in [-0.25, -0.2) is 0 Å². The number of piperidine rings is 1. The largest absolute Gasteiger partial charge is 0.325 e. The molecule has 2 heterocycles. The van der Waals surface area contributed by atoms with Crippen LogP contribution in [-0.2, 0) is 9.59 Å². The molecule has 1 fully saturated rings. The number of hydrogen-bond acceptors (Lipinski definition) is 2. The van der Waals surface area contributed by atoms with Crippen LogP contribution in [0.5, 0.6) is 0 Å². The molecule has 1 aromatic rings. The number of hydrogen-bond donors (Lipinski definition) is 0. The number of ketones is 1. The highest BCUT2D eigenvalue weighted by Gasteiger charge is 2.56. The maximum atomic E-state index is 12.8. The molecule has 3 nitrogen and oxygen atoms in total. The van der Waals surface area contributed by atoms with E-state index in [0.29, 0.717) is 6.42 Å². The molecule has 0 radical (unpaired) electrons. The van der Waals surface area contributed by atoms with Gasteiger partial charge in [-0.2, -0.15) is 0 Å². The van der Waals surface area contributed by atoms with Crippen LogP contribution in [0.2, 0.25) is 0 Å². The highest BCUT2D eigenvalue weighted by molar-refractivity contribution is 14.1. The number of rotatable bonds is 1. The summed E-state index contributed by atoms with van der Waals surface area (Å²) in [7, 11) is 0. The third-order valence-electron chi connectivity index (χ3n) is 5.09. The molecule has 2 unspecified atom stereocenters. The van der Waals surface area contributed by atoms with Gasteiger partial charge in [0.2, 0.25) is 0 Å². The highest BCUT2D eigenvalue weighted by Crippen LogP contribution is 2.54. The summed E-state index contributed by atoms with van der Waals surface area (Å²) in [5.74, 6) is 0.493. The highest BCUT2D eigenvalue weighted by atomic mass is 127. The summed E-state index contributed by atoms with van der Waals surface area (Å²) in [6.07, 6.45) is 6.20. The minimum atomic E-state index is -0.416. The molecule has 0 saturated carbocycles. The molecular weight excluding hydrogens is 389 g/mol. The van der Waals surface area contributed by atoms with Crippen LogP contribution in [0.4, 0.5) is 0 Å². The number of amides is 1. The third-order valence-corrected chi connectivity index (χ3v) is 6.09. The number of benzene rings is 1. The van der Waals surface area contributed by atoms with Crippen LogP contribution in [0, 0.1) is 5.92 Å². The zero-order valence-electron chi connectivity index (χ0n) is 12.1. The summed E-state index contributed by atoms with van der Waals surface area (Å²) < 4.78 is 0.801. The Morgan fingerprint density at radius 3 is 2.73 bits per heavy atom. The normalized spacial score (nSPS) is 30.6. The fourth-order valence-corrected chi connectivity index (χ4v) is 5.23. The Hall–Kier alpha value is -1.43. The second-order valence-corrected chi connectivity index (χ2v) is 7.26. The van der Waals surface area contributed by atoms with Crippen LogP contribution in [0.1, 0.15) is 24.8 Å². The van der Waals surface area contributed by atoms with Crippen molar-refractivity contribution in [2.24, 2.45) is 5.92 Å². The van der Waals surface area contributed by atoms with Gasteiger partial charge in [0.15, 0.2) is 5.78 Å². The van der Waals surface area contributed by atoms with Gasteiger partial charge in [-0.15, -0.1) is 0 Å². The third kappa shape index (κ3) is 1.79. The van der Waals surface area contributed by atoms with Gasteiger partial charge in [0, 0.05) is 18.5 Å². The van der Waals surface area contributed by atoms with E-state index in [0.717, 1.165) is 34.1 Å². The van der Waals surface area contributed by atoms with Crippen LogP contribution in [-0.4, -0.2) is 28.7 Å². The van der Waals surface area contributed by atoms with E-state index in [4.69, 9.17) is 0 Å². The Bertz CT molecular complexity index is 722. The van der Waals surface area contributed by atoms with Crippen molar-refractivity contribution in [3.63, 3.8) is 0 Å². The molecule has 0 N–H and O–H groups in total. The van der Waals surface area contributed by atoms with Crippen LogP contribution < -0.4 is 0 Å². The van der Waals surface area contributed by atoms with E-state index in [2.05, 4.69) is 34.7 Å². The molecule has 3 aliphatic rings. The van der Waals surface area contributed by atoms with Gasteiger partial charge in [-0.05, 0) is 53.0 Å². The molecular formula is C18H16INO2. The molecule has 1 aliphatic carbocycles. The Kier molecular flexibility index (Phi) is 3.25. The van der Waals surface area contributed by atoms with Crippen molar-refractivity contribution in [2.45, 2.75) is 24.8 Å². The molecule has 1 spiro atoms. The quantitative estimate of drug-likeness (QED) is 0.673. The van der Waals surface area contributed by atoms with E-state index in [1.807, 2.05) is 29.2 Å². The van der Waals surface area contributed by atoms with Crippen molar-refractivity contribution in [3.8, 4) is 0 Å². The smallest absolute Gasteiger partial charge is 0.261 e. The molecule has 112 valence electrons. The zero-order valence-corrected chi connectivity index (χ0v) is 14.2. The average molecular weight is 405 g/mol. The van der Waals surface area contributed by atoms with Gasteiger partial charge in [-0.3, -0.25) is 9.59 Å². The summed E-state index contributed by atoms with van der Waals surface area (Å²) in [4.78, 5) is 26.7. The fourth-order valence-electron chi connectivity index (χ4n) is 4.19. The first kappa shape index (κ1) is 14.2. The van der Waals surface area contributed by atoms with Crippen molar-refractivity contribution < 1.29 is 9.59 Å². The monoisotopic (exact) mass is 405 g/mol. The van der Waals surface area contributed by atoms with Crippen molar-refractivity contribution in [3.05, 3.63) is 51.6 Å². The lowest BCUT2D eigenvalue weighted by molar-refractivity contribution is -0.132. The molecule has 0 bridgehead atoms. The molecule has 2 atom stereocenters. The standard InChI is InChI=1S/C18H16INO2/c19-16-15(12-5-2-1-3-6-12)18-9-8-14(21)11-13(18)7-4-10-20(18)17(16)22/h1-3,5-6,8-9,13H,4,7,10-11H2. The van der Waals surface area contributed by atoms with Gasteiger partial charge < -0.3 is 4.90 Å². The second kappa shape index (κ2) is 5.05. The number of nitrogens with zero attached hydrogens (tertiary/aromatic N) is 1. The predicted octanol–water partition coefficient (Wildman–Crippen LogP) is 3.35. The first-order valence-electron chi connectivity index (χ1n) is 7.64. The summed E-state index contributed by atoms with van der Waals surface area (Å²) >= 11 is 2.19. The van der Waals surface area contributed by atoms with E-state index in [1.165, 1.54) is 0 Å². The predicted molar refractivity (Wildman–Crippen MR) is 93.3 cm³/mol. The SMILES string of the molecule is O=C1C=CC23C(c4ccccc4)=C(I)C(=O)N2CCCC3C1. The maximum Gasteiger partial charge on any atom is 0.261 e. The number of halogens is 1. The molecule has 1 saturated heterocycles. The van der Waals surface area contributed by atoms with Crippen molar-refractivity contribution in [1.29, 1.82) is 0 Å². The van der Waals surface area contributed by atoms with E-state index < -0.39 is 5.54 Å². The molecule has 4 heteroatoms. The maximum absolute atomic E-state index is 12.8. The summed E-state index contributed by atoms with van der Waals surface area (Å²) in [5.41, 5.74) is 1.77. The average Bonchev–Trinajstić information content (AvgIpc) is 2.76. The Balaban J connectivity index is 1.97. The second-order valence-electron chi connectivity index (χ2n) is 6.18. The Labute approximate surface area is 143 Å². The van der Waals surface area contributed by atoms with Gasteiger partial charge in [-0.1, -0.05) is 36.4 Å². The van der Waals surface area contributed by atoms with Crippen LogP contribution in [0.25, 0.3) is 5.57 Å². The van der Waals surface area contributed by atoms with Gasteiger partial charge in [0.1, 0.15) is 0 Å². The van der Waals surface area contributed by atoms with E-state index in [9.17, 15) is 9.59 Å². The van der Waals surface area contributed by atoms with E-state index >= 15 is 0 Å². The lowest BCUT2D eigenvalue weighted by atomic mass is 9.67. The molecule has 1 amide bonds. The van der Waals surface area contributed by atoms with Crippen molar-refractivity contribution >= 4 is 39.9 Å². The van der Waals surface area contributed by atoms with Crippen LogP contribution in [0.3, 0.4) is 0 Å². The molecule has 4 rings (SSSR count). The summed E-state index contributed by atoms with van der Waals surface area (Å²) in [5, 5.41) is 0. The topological polar surface area (TPSA) is 37.4 Å². The van der Waals surface area contributed by atoms with Crippen molar-refractivity contribution in [2.75, 3.05) is 6.54 Å². The first-order chi connectivity index (χ1) is 10.6. The lowest BCUT2D eigenvalue weighted by Crippen LogP contribution is -2.56. The molecule has 0 aromatic heterocycles. The van der Waals surface area contributed by atoms with Crippen LogP contribution in [0.15, 0.2) is 46.1 Å². The molecule has 1 aromatic carbocycles. The van der Waals surface area contributed by atoms with Crippen LogP contribution >= 0.6 is 22.6 Å². The lowest BCUT2D eigenvalue weighted by Gasteiger charge is -2.49. The number of carbonyl (C=O) groups excluding carboxylic acids is 2. The number of allylic oxidation sites excluding steroid dienone is 1. The minimum absolute atomic E-state index is 0.114.